The summed E-state index contributed by atoms with van der Waals surface area (Å²) in [5, 5.41) is 9.90. The maximum Gasteiger partial charge on any atom is 0.247 e. The lowest BCUT2D eigenvalue weighted by molar-refractivity contribution is -0.117. The lowest BCUT2D eigenvalue weighted by Crippen LogP contribution is -2.27. The fourth-order valence-corrected chi connectivity index (χ4v) is 1.66. The average Bonchev–Trinajstić information content (AvgIpc) is 2.82. The van der Waals surface area contributed by atoms with Crippen molar-refractivity contribution in [1.82, 2.24) is 14.8 Å². The highest BCUT2D eigenvalue weighted by Crippen LogP contribution is 2.14. The number of amides is 1. The molecule has 0 saturated carbocycles. The second kappa shape index (κ2) is 4.98. The van der Waals surface area contributed by atoms with Crippen molar-refractivity contribution in [3.8, 4) is 0 Å². The van der Waals surface area contributed by atoms with E-state index in [0.717, 1.165) is 22.7 Å². The predicted octanol–water partition coefficient (Wildman–Crippen LogP) is 0.880. The van der Waals surface area contributed by atoms with Gasteiger partial charge in [0.25, 0.3) is 0 Å². The van der Waals surface area contributed by atoms with Gasteiger partial charge < -0.3 is 5.73 Å². The number of aromatic nitrogens is 3. The fourth-order valence-electron chi connectivity index (χ4n) is 1.29. The monoisotopic (exact) mass is 249 g/mol. The number of nitrogens with two attached hydrogens (primary N) is 1. The Labute approximate surface area is 102 Å². The number of benzene rings is 1. The number of nitrogens with one attached hydrogen (secondary N) is 1. The van der Waals surface area contributed by atoms with E-state index < -0.39 is 6.04 Å². The molecule has 1 heterocycles. The molecule has 0 aliphatic rings. The highest BCUT2D eigenvalue weighted by atomic mass is 32.1. The highest BCUT2D eigenvalue weighted by molar-refractivity contribution is 7.09. The van der Waals surface area contributed by atoms with Crippen LogP contribution >= 0.6 is 11.5 Å². The summed E-state index contributed by atoms with van der Waals surface area (Å²) < 4.78 is 3.54. The second-order valence-corrected chi connectivity index (χ2v) is 4.28. The maximum absolute atomic E-state index is 11.8. The van der Waals surface area contributed by atoms with Crippen molar-refractivity contribution in [3.63, 3.8) is 0 Å². The second-order valence-electron chi connectivity index (χ2n) is 3.55. The summed E-state index contributed by atoms with van der Waals surface area (Å²) in [5.74, 6) is -0.326. The van der Waals surface area contributed by atoms with Crippen LogP contribution in [0.15, 0.2) is 24.3 Å². The minimum absolute atomic E-state index is 0.326. The summed E-state index contributed by atoms with van der Waals surface area (Å²) in [6, 6.07) is 6.76. The largest absolute Gasteiger partial charge is 0.316 e. The van der Waals surface area contributed by atoms with Crippen LogP contribution in [-0.4, -0.2) is 20.7 Å². The van der Waals surface area contributed by atoms with Crippen LogP contribution in [0.5, 0.6) is 0 Å². The van der Waals surface area contributed by atoms with E-state index in [1.807, 2.05) is 31.2 Å². The van der Waals surface area contributed by atoms with Gasteiger partial charge in [-0.1, -0.05) is 39.4 Å². The van der Waals surface area contributed by atoms with Crippen molar-refractivity contribution in [2.45, 2.75) is 13.0 Å². The first-order chi connectivity index (χ1) is 8.16. The molecule has 1 aromatic carbocycles. The summed E-state index contributed by atoms with van der Waals surface area (Å²) in [6.45, 7) is 1.97. The van der Waals surface area contributed by atoms with E-state index >= 15 is 0 Å². The number of carbonyl (C=O) groups excluding carboxylic acids is 1. The molecule has 1 amide bonds. The van der Waals surface area contributed by atoms with Gasteiger partial charge in [-0.2, -0.15) is 0 Å². The molecule has 17 heavy (non-hydrogen) atoms. The van der Waals surface area contributed by atoms with Crippen LogP contribution in [0.2, 0.25) is 0 Å². The fraction of sp³-hybridized carbons (Fsp3) is 0.200. The SMILES string of the molecule is Cc1ccc(C(N)C(=O)Nc2nnns2)cc1. The van der Waals surface area contributed by atoms with E-state index in [-0.39, 0.29) is 5.91 Å². The molecular formula is C10H11N5OS. The average molecular weight is 249 g/mol. The first-order valence-corrected chi connectivity index (χ1v) is 5.72. The van der Waals surface area contributed by atoms with Crippen molar-refractivity contribution in [2.24, 2.45) is 5.73 Å². The number of hydrogen-bond donors (Lipinski definition) is 2. The lowest BCUT2D eigenvalue weighted by Gasteiger charge is -2.10. The molecule has 0 saturated heterocycles. The predicted molar refractivity (Wildman–Crippen MR) is 64.4 cm³/mol. The van der Waals surface area contributed by atoms with Crippen LogP contribution in [0, 0.1) is 6.92 Å². The third kappa shape index (κ3) is 2.83. The summed E-state index contributed by atoms with van der Waals surface area (Å²) in [4.78, 5) is 11.8. The number of anilines is 1. The van der Waals surface area contributed by atoms with Crippen molar-refractivity contribution in [3.05, 3.63) is 35.4 Å². The zero-order chi connectivity index (χ0) is 12.3. The molecule has 3 N–H and O–H groups in total. The van der Waals surface area contributed by atoms with Crippen LogP contribution in [0.1, 0.15) is 17.2 Å². The first-order valence-electron chi connectivity index (χ1n) is 4.95. The van der Waals surface area contributed by atoms with E-state index in [2.05, 4.69) is 20.1 Å². The van der Waals surface area contributed by atoms with Crippen LogP contribution in [0.3, 0.4) is 0 Å². The number of aryl methyl sites for hydroxylation is 1. The molecule has 0 bridgehead atoms. The Morgan fingerprint density at radius 2 is 2.12 bits per heavy atom. The smallest absolute Gasteiger partial charge is 0.247 e. The Kier molecular flexibility index (Phi) is 3.40. The zero-order valence-electron chi connectivity index (χ0n) is 9.12. The van der Waals surface area contributed by atoms with Gasteiger partial charge in [-0.3, -0.25) is 10.1 Å². The quantitative estimate of drug-likeness (QED) is 0.842. The normalized spacial score (nSPS) is 12.1. The third-order valence-electron chi connectivity index (χ3n) is 2.25. The lowest BCUT2D eigenvalue weighted by atomic mass is 10.1. The molecule has 0 radical (unpaired) electrons. The molecule has 0 aliphatic heterocycles. The van der Waals surface area contributed by atoms with Crippen LogP contribution in [-0.2, 0) is 4.79 Å². The molecular weight excluding hydrogens is 238 g/mol. The van der Waals surface area contributed by atoms with Crippen molar-refractivity contribution in [1.29, 1.82) is 0 Å². The van der Waals surface area contributed by atoms with Gasteiger partial charge in [0.1, 0.15) is 6.04 Å². The Hall–Kier alpha value is -1.86. The highest BCUT2D eigenvalue weighted by Gasteiger charge is 2.16. The van der Waals surface area contributed by atoms with Crippen LogP contribution in [0.25, 0.3) is 0 Å². The molecule has 88 valence electrons. The molecule has 0 spiro atoms. The van der Waals surface area contributed by atoms with E-state index in [0.29, 0.717) is 5.13 Å². The van der Waals surface area contributed by atoms with Gasteiger partial charge in [0.15, 0.2) is 0 Å². The summed E-state index contributed by atoms with van der Waals surface area (Å²) in [6.07, 6.45) is 0. The molecule has 1 unspecified atom stereocenters. The number of carbonyl (C=O) groups is 1. The third-order valence-corrected chi connectivity index (χ3v) is 2.76. The van der Waals surface area contributed by atoms with Gasteiger partial charge >= 0.3 is 0 Å². The topological polar surface area (TPSA) is 93.8 Å². The molecule has 7 heteroatoms. The van der Waals surface area contributed by atoms with Gasteiger partial charge in [0, 0.05) is 11.5 Å². The Morgan fingerprint density at radius 1 is 1.41 bits per heavy atom. The number of nitrogens with zero attached hydrogens (tertiary/aromatic N) is 3. The van der Waals surface area contributed by atoms with Crippen LogP contribution < -0.4 is 11.1 Å². The van der Waals surface area contributed by atoms with E-state index in [9.17, 15) is 4.79 Å². The summed E-state index contributed by atoms with van der Waals surface area (Å²) in [5.41, 5.74) is 7.70. The van der Waals surface area contributed by atoms with E-state index in [4.69, 9.17) is 5.73 Å². The van der Waals surface area contributed by atoms with Crippen molar-refractivity contribution in [2.75, 3.05) is 5.32 Å². The Bertz CT molecular complexity index is 496. The van der Waals surface area contributed by atoms with E-state index in [1.54, 1.807) is 0 Å². The molecule has 0 fully saturated rings. The molecule has 6 nitrogen and oxygen atoms in total. The number of rotatable bonds is 3. The Morgan fingerprint density at radius 3 is 2.71 bits per heavy atom. The maximum atomic E-state index is 11.8. The minimum Gasteiger partial charge on any atom is -0.316 e. The minimum atomic E-state index is -0.723. The summed E-state index contributed by atoms with van der Waals surface area (Å²) >= 11 is 1.01. The molecule has 1 atom stereocenters. The van der Waals surface area contributed by atoms with E-state index in [1.165, 1.54) is 0 Å². The molecule has 0 aliphatic carbocycles. The van der Waals surface area contributed by atoms with Gasteiger partial charge in [-0.25, -0.2) is 0 Å². The molecule has 2 rings (SSSR count). The first kappa shape index (κ1) is 11.6. The van der Waals surface area contributed by atoms with Gasteiger partial charge in [-0.05, 0) is 17.7 Å². The standard InChI is InChI=1S/C10H11N5OS/c1-6-2-4-7(5-3-6)8(11)9(16)12-10-13-14-15-17-10/h2-5,8H,11H2,1H3,(H,12,13,15,16). The Balaban J connectivity index is 2.07. The summed E-state index contributed by atoms with van der Waals surface area (Å²) in [7, 11) is 0. The zero-order valence-corrected chi connectivity index (χ0v) is 9.94. The van der Waals surface area contributed by atoms with Crippen LogP contribution in [0.4, 0.5) is 5.13 Å². The van der Waals surface area contributed by atoms with Crippen molar-refractivity contribution >= 4 is 22.6 Å². The van der Waals surface area contributed by atoms with Crippen molar-refractivity contribution < 1.29 is 4.79 Å². The number of hydrogen-bond acceptors (Lipinski definition) is 6. The van der Waals surface area contributed by atoms with Gasteiger partial charge in [-0.15, -0.1) is 0 Å². The molecule has 1 aromatic heterocycles. The van der Waals surface area contributed by atoms with Gasteiger partial charge in [0.2, 0.25) is 11.0 Å². The van der Waals surface area contributed by atoms with Gasteiger partial charge in [0.05, 0.1) is 0 Å². The molecule has 2 aromatic rings.